The third-order valence-electron chi connectivity index (χ3n) is 6.49. The second-order valence-electron chi connectivity index (χ2n) is 6.97. The first-order valence-electron chi connectivity index (χ1n) is 7.61. The van der Waals surface area contributed by atoms with Crippen LogP contribution in [-0.4, -0.2) is 20.3 Å². The zero-order valence-electron chi connectivity index (χ0n) is 12.1. The zero-order valence-corrected chi connectivity index (χ0v) is 12.1. The average molecular weight is 280 g/mol. The van der Waals surface area contributed by atoms with Crippen LogP contribution in [-0.2, 0) is 15.6 Å². The van der Waals surface area contributed by atoms with Gasteiger partial charge in [-0.2, -0.15) is 0 Å². The predicted molar refractivity (Wildman–Crippen MR) is 76.7 cm³/mol. The molecule has 2 bridgehead atoms. The third kappa shape index (κ3) is 0.832. The number of hydrogen-bond acceptors (Lipinski definition) is 3. The quantitative estimate of drug-likeness (QED) is 0.833. The van der Waals surface area contributed by atoms with Crippen molar-refractivity contribution in [1.29, 1.82) is 0 Å². The molecule has 0 saturated heterocycles. The minimum Gasteiger partial charge on any atom is -0.497 e. The smallest absolute Gasteiger partial charge is 0.169 e. The molecule has 4 aliphatic carbocycles. The molecule has 0 radical (unpaired) electrons. The van der Waals surface area contributed by atoms with Gasteiger partial charge in [-0.05, 0) is 36.5 Å². The van der Waals surface area contributed by atoms with Gasteiger partial charge in [0.2, 0.25) is 0 Å². The fourth-order valence-corrected chi connectivity index (χ4v) is 5.74. The number of fused-ring (bicyclic) bond motifs is 1. The molecule has 1 aromatic carbocycles. The van der Waals surface area contributed by atoms with Crippen molar-refractivity contribution in [2.24, 2.45) is 5.92 Å². The fraction of sp³-hybridized carbons (Fsp3) is 0.444. The molecule has 106 valence electrons. The van der Waals surface area contributed by atoms with Crippen molar-refractivity contribution >= 4 is 0 Å². The van der Waals surface area contributed by atoms with E-state index in [1.54, 1.807) is 19.8 Å². The molecule has 5 aliphatic rings. The molecule has 4 atom stereocenters. The van der Waals surface area contributed by atoms with Crippen molar-refractivity contribution < 1.29 is 14.2 Å². The second kappa shape index (κ2) is 2.85. The number of benzene rings is 1. The van der Waals surface area contributed by atoms with E-state index in [0.29, 0.717) is 5.41 Å². The van der Waals surface area contributed by atoms with Gasteiger partial charge in [0, 0.05) is 11.0 Å². The molecule has 2 saturated carbocycles. The Kier molecular flexibility index (Phi) is 1.46. The molecule has 2 spiro atoms. The molecule has 1 aliphatic heterocycles. The van der Waals surface area contributed by atoms with Gasteiger partial charge in [0.05, 0.1) is 19.6 Å². The van der Waals surface area contributed by atoms with E-state index in [2.05, 4.69) is 24.3 Å². The van der Waals surface area contributed by atoms with E-state index in [9.17, 15) is 0 Å². The standard InChI is InChI=1S/C18H16O3/c1-19-12-5-4-10-14-15(12)21-16-13(20-2)6-3-9-11-7-17(10,11)8-18(9,14)16/h3-6,11,16H,7-8H2,1-2H3. The largest absolute Gasteiger partial charge is 0.497 e. The summed E-state index contributed by atoms with van der Waals surface area (Å²) < 4.78 is 17.6. The summed E-state index contributed by atoms with van der Waals surface area (Å²) in [4.78, 5) is 0. The van der Waals surface area contributed by atoms with Crippen LogP contribution in [0, 0.1) is 5.92 Å². The highest BCUT2D eigenvalue weighted by Gasteiger charge is 2.80. The van der Waals surface area contributed by atoms with E-state index in [-0.39, 0.29) is 11.5 Å². The third-order valence-corrected chi connectivity index (χ3v) is 6.49. The van der Waals surface area contributed by atoms with Crippen LogP contribution < -0.4 is 9.47 Å². The van der Waals surface area contributed by atoms with E-state index in [4.69, 9.17) is 14.2 Å². The first-order valence-corrected chi connectivity index (χ1v) is 7.61. The first kappa shape index (κ1) is 10.8. The number of rotatable bonds is 2. The van der Waals surface area contributed by atoms with Gasteiger partial charge in [0.1, 0.15) is 5.76 Å². The summed E-state index contributed by atoms with van der Waals surface area (Å²) in [6, 6.07) is 4.35. The molecular weight excluding hydrogens is 264 g/mol. The molecular formula is C18H16O3. The molecule has 0 N–H and O–H groups in total. The van der Waals surface area contributed by atoms with Gasteiger partial charge in [-0.3, -0.25) is 0 Å². The fourth-order valence-electron chi connectivity index (χ4n) is 5.74. The summed E-state index contributed by atoms with van der Waals surface area (Å²) in [6.45, 7) is 0. The van der Waals surface area contributed by atoms with Crippen LogP contribution in [0.15, 0.2) is 35.6 Å². The van der Waals surface area contributed by atoms with Gasteiger partial charge in [0.25, 0.3) is 0 Å². The van der Waals surface area contributed by atoms with Crippen molar-refractivity contribution in [3.05, 3.63) is 46.7 Å². The molecule has 6 rings (SSSR count). The van der Waals surface area contributed by atoms with E-state index >= 15 is 0 Å². The monoisotopic (exact) mass is 280 g/mol. The van der Waals surface area contributed by atoms with Crippen LogP contribution >= 0.6 is 0 Å². The van der Waals surface area contributed by atoms with Crippen LogP contribution in [0.4, 0.5) is 0 Å². The van der Waals surface area contributed by atoms with Crippen LogP contribution in [0.1, 0.15) is 24.0 Å². The molecule has 4 unspecified atom stereocenters. The molecule has 3 nitrogen and oxygen atoms in total. The predicted octanol–water partition coefficient (Wildman–Crippen LogP) is 2.84. The first-order chi connectivity index (χ1) is 10.3. The maximum atomic E-state index is 6.38. The highest BCUT2D eigenvalue weighted by atomic mass is 16.6. The number of allylic oxidation sites excluding steroid dienone is 2. The van der Waals surface area contributed by atoms with Crippen molar-refractivity contribution in [3.8, 4) is 11.5 Å². The highest BCUT2D eigenvalue weighted by molar-refractivity contribution is 5.76. The number of hydrogen-bond donors (Lipinski definition) is 0. The van der Waals surface area contributed by atoms with Crippen molar-refractivity contribution in [1.82, 2.24) is 0 Å². The van der Waals surface area contributed by atoms with Crippen LogP contribution in [0.3, 0.4) is 0 Å². The van der Waals surface area contributed by atoms with E-state index in [1.165, 1.54) is 24.0 Å². The molecule has 0 amide bonds. The minimum atomic E-state index is -0.000255. The van der Waals surface area contributed by atoms with Crippen LogP contribution in [0.2, 0.25) is 0 Å². The van der Waals surface area contributed by atoms with Crippen LogP contribution in [0.5, 0.6) is 11.5 Å². The SMILES string of the molecule is COC1=CC=C2C3CC34CC23c2c4ccc(OC)c2OC13. The Labute approximate surface area is 123 Å². The van der Waals surface area contributed by atoms with Gasteiger partial charge >= 0.3 is 0 Å². The molecule has 2 fully saturated rings. The van der Waals surface area contributed by atoms with Crippen molar-refractivity contribution in [2.45, 2.75) is 29.8 Å². The van der Waals surface area contributed by atoms with Crippen molar-refractivity contribution in [3.63, 3.8) is 0 Å². The lowest BCUT2D eigenvalue weighted by Gasteiger charge is -2.35. The average Bonchev–Trinajstić information content (AvgIpc) is 2.89. The Hall–Kier alpha value is -1.90. The summed E-state index contributed by atoms with van der Waals surface area (Å²) in [5, 5.41) is 0. The minimum absolute atomic E-state index is 0.000255. The van der Waals surface area contributed by atoms with Gasteiger partial charge in [-0.25, -0.2) is 0 Å². The van der Waals surface area contributed by atoms with Gasteiger partial charge in [0.15, 0.2) is 17.6 Å². The van der Waals surface area contributed by atoms with E-state index < -0.39 is 0 Å². The van der Waals surface area contributed by atoms with Gasteiger partial charge in [-0.1, -0.05) is 17.7 Å². The maximum absolute atomic E-state index is 6.38. The summed E-state index contributed by atoms with van der Waals surface area (Å²) in [6.07, 6.45) is 6.91. The lowest BCUT2D eigenvalue weighted by molar-refractivity contribution is 0.116. The highest BCUT2D eigenvalue weighted by Crippen LogP contribution is 2.83. The Morgan fingerprint density at radius 3 is 2.90 bits per heavy atom. The van der Waals surface area contributed by atoms with E-state index in [0.717, 1.165) is 23.2 Å². The van der Waals surface area contributed by atoms with E-state index in [1.807, 2.05) is 0 Å². The second-order valence-corrected chi connectivity index (χ2v) is 6.97. The molecule has 3 heteroatoms. The Balaban J connectivity index is 1.73. The Morgan fingerprint density at radius 2 is 2.10 bits per heavy atom. The van der Waals surface area contributed by atoms with Crippen molar-refractivity contribution in [2.75, 3.05) is 14.2 Å². The lowest BCUT2D eigenvalue weighted by atomic mass is 9.69. The number of ether oxygens (including phenoxy) is 3. The van der Waals surface area contributed by atoms with Gasteiger partial charge in [-0.15, -0.1) is 0 Å². The van der Waals surface area contributed by atoms with Gasteiger partial charge < -0.3 is 14.2 Å². The van der Waals surface area contributed by atoms with Crippen LogP contribution in [0.25, 0.3) is 0 Å². The molecule has 1 aromatic rings. The normalized spacial score (nSPS) is 41.8. The molecule has 1 heterocycles. The molecule has 21 heavy (non-hydrogen) atoms. The summed E-state index contributed by atoms with van der Waals surface area (Å²) in [7, 11) is 3.46. The maximum Gasteiger partial charge on any atom is 0.169 e. The summed E-state index contributed by atoms with van der Waals surface area (Å²) in [5.74, 6) is 3.48. The summed E-state index contributed by atoms with van der Waals surface area (Å²) >= 11 is 0. The Morgan fingerprint density at radius 1 is 1.19 bits per heavy atom. The number of methoxy groups -OCH3 is 2. The topological polar surface area (TPSA) is 27.7 Å². The zero-order chi connectivity index (χ0) is 14.0. The Bertz CT molecular complexity index is 790. The summed E-state index contributed by atoms with van der Waals surface area (Å²) in [5.41, 5.74) is 4.91. The molecule has 0 aromatic heterocycles. The lowest BCUT2D eigenvalue weighted by Crippen LogP contribution is -2.41.